The van der Waals surface area contributed by atoms with E-state index in [0.717, 1.165) is 19.4 Å². The summed E-state index contributed by atoms with van der Waals surface area (Å²) in [5, 5.41) is 0.377. The van der Waals surface area contributed by atoms with E-state index >= 15 is 0 Å². The van der Waals surface area contributed by atoms with Crippen molar-refractivity contribution in [2.45, 2.75) is 181 Å². The molecule has 1 aliphatic heterocycles. The lowest BCUT2D eigenvalue weighted by Gasteiger charge is -2.59. The summed E-state index contributed by atoms with van der Waals surface area (Å²) < 4.78 is 27.1. The SMILES string of the molecule is C[C@H](OCC1OC1(C)C)[C@H]1CC[C@H]2C3=CC=C4C[C@@H](O[Si](C)(C)C(C)(C)C)C[C@H](O[Si](C)(C)C(C)(C)C)[C@]4(C)[C@H]3CC[C@]12C. The average molecular weight is 645 g/mol. The average Bonchev–Trinajstić information content (AvgIpc) is 3.32. The minimum Gasteiger partial charge on any atom is -0.414 e. The number of rotatable bonds is 8. The zero-order valence-electron chi connectivity index (χ0n) is 31.3. The molecule has 0 aromatic carbocycles. The minimum atomic E-state index is -2.01. The molecule has 6 heteroatoms. The quantitative estimate of drug-likeness (QED) is 0.195. The topological polar surface area (TPSA) is 40.2 Å². The molecule has 4 nitrogen and oxygen atoms in total. The number of fused-ring (bicyclic) bond motifs is 5. The summed E-state index contributed by atoms with van der Waals surface area (Å²) in [6.07, 6.45) is 13.2. The van der Waals surface area contributed by atoms with Gasteiger partial charge in [-0.05, 0) is 119 Å². The van der Waals surface area contributed by atoms with Crippen molar-refractivity contribution in [3.05, 3.63) is 23.3 Å². The maximum Gasteiger partial charge on any atom is 0.192 e. The third-order valence-electron chi connectivity index (χ3n) is 14.4. The number of allylic oxidation sites excluding steroid dienone is 3. The molecule has 0 radical (unpaired) electrons. The van der Waals surface area contributed by atoms with Crippen LogP contribution in [0.1, 0.15) is 115 Å². The fraction of sp³-hybridized carbons (Fsp3) is 0.895. The van der Waals surface area contributed by atoms with Crippen molar-refractivity contribution in [2.24, 2.45) is 28.6 Å². The first-order valence-corrected chi connectivity index (χ1v) is 23.8. The van der Waals surface area contributed by atoms with E-state index in [0.29, 0.717) is 23.2 Å². The van der Waals surface area contributed by atoms with Crippen molar-refractivity contribution in [3.8, 4) is 0 Å². The molecule has 0 amide bonds. The van der Waals surface area contributed by atoms with E-state index in [9.17, 15) is 0 Å². The van der Waals surface area contributed by atoms with Crippen molar-refractivity contribution >= 4 is 16.6 Å². The van der Waals surface area contributed by atoms with Gasteiger partial charge in [0.2, 0.25) is 0 Å². The van der Waals surface area contributed by atoms with Gasteiger partial charge in [0.25, 0.3) is 0 Å². The maximum atomic E-state index is 7.54. The molecule has 1 saturated heterocycles. The smallest absolute Gasteiger partial charge is 0.192 e. The monoisotopic (exact) mass is 644 g/mol. The Hall–Kier alpha value is -0.246. The first kappa shape index (κ1) is 35.1. The fourth-order valence-corrected chi connectivity index (χ4v) is 11.9. The molecule has 44 heavy (non-hydrogen) atoms. The van der Waals surface area contributed by atoms with Crippen molar-refractivity contribution < 1.29 is 18.3 Å². The molecular formula is C38H68O4Si2. The summed E-state index contributed by atoms with van der Waals surface area (Å²) in [5.41, 5.74) is 3.63. The summed E-state index contributed by atoms with van der Waals surface area (Å²) in [6.45, 7) is 36.6. The van der Waals surface area contributed by atoms with Crippen LogP contribution in [0.5, 0.6) is 0 Å². The molecule has 252 valence electrons. The van der Waals surface area contributed by atoms with Crippen LogP contribution in [0, 0.1) is 28.6 Å². The number of ether oxygens (including phenoxy) is 2. The van der Waals surface area contributed by atoms with Crippen molar-refractivity contribution in [2.75, 3.05) is 6.61 Å². The summed E-state index contributed by atoms with van der Waals surface area (Å²) in [5.74, 6) is 1.79. The molecule has 4 aliphatic carbocycles. The Kier molecular flexibility index (Phi) is 8.89. The Morgan fingerprint density at radius 3 is 2.02 bits per heavy atom. The predicted octanol–water partition coefficient (Wildman–Crippen LogP) is 10.5. The molecular weight excluding hydrogens is 577 g/mol. The van der Waals surface area contributed by atoms with E-state index in [4.69, 9.17) is 18.3 Å². The lowest BCUT2D eigenvalue weighted by Crippen LogP contribution is -2.58. The first-order chi connectivity index (χ1) is 19.9. The summed E-state index contributed by atoms with van der Waals surface area (Å²) in [7, 11) is -3.91. The van der Waals surface area contributed by atoms with Crippen LogP contribution < -0.4 is 0 Å². The molecule has 0 N–H and O–H groups in total. The van der Waals surface area contributed by atoms with Gasteiger partial charge in [-0.1, -0.05) is 78.7 Å². The molecule has 0 aromatic heterocycles. The van der Waals surface area contributed by atoms with Gasteiger partial charge in [-0.2, -0.15) is 0 Å². The van der Waals surface area contributed by atoms with Crippen LogP contribution in [0.3, 0.4) is 0 Å². The molecule has 0 spiro atoms. The lowest BCUT2D eigenvalue weighted by atomic mass is 9.49. The number of epoxide rings is 1. The third-order valence-corrected chi connectivity index (χ3v) is 23.4. The van der Waals surface area contributed by atoms with Gasteiger partial charge < -0.3 is 18.3 Å². The van der Waals surface area contributed by atoms with E-state index < -0.39 is 16.6 Å². The van der Waals surface area contributed by atoms with Crippen molar-refractivity contribution in [3.63, 3.8) is 0 Å². The van der Waals surface area contributed by atoms with E-state index in [2.05, 4.69) is 115 Å². The van der Waals surface area contributed by atoms with Gasteiger partial charge in [0.1, 0.15) is 6.10 Å². The van der Waals surface area contributed by atoms with Crippen LogP contribution in [0.25, 0.3) is 0 Å². The third kappa shape index (κ3) is 5.97. The molecule has 0 aromatic rings. The van der Waals surface area contributed by atoms with Gasteiger partial charge >= 0.3 is 0 Å². The number of hydrogen-bond donors (Lipinski definition) is 0. The first-order valence-electron chi connectivity index (χ1n) is 18.0. The largest absolute Gasteiger partial charge is 0.414 e. The van der Waals surface area contributed by atoms with Crippen LogP contribution in [-0.2, 0) is 18.3 Å². The standard InChI is InChI=1S/C38H68O4Si2/c1-25(39-24-33-36(8,9)40-33)29-18-19-30-28-17-16-26-22-27(41-43(12,13)34(2,3)4)23-32(42-44(14,15)35(5,6)7)38(26,11)31(28)20-21-37(29,30)10/h16-17,25,27,29-33H,18-24H2,1-15H3/t25-,27+,29+,30-,31-,32-,33?,37+,38-/m0/s1. The molecule has 5 rings (SSSR count). The van der Waals surface area contributed by atoms with Crippen LogP contribution >= 0.6 is 0 Å². The molecule has 1 unspecified atom stereocenters. The second-order valence-corrected chi connectivity index (χ2v) is 29.0. The Labute approximate surface area is 273 Å². The second-order valence-electron chi connectivity index (χ2n) is 19.5. The van der Waals surface area contributed by atoms with E-state index in [-0.39, 0.29) is 45.5 Å². The van der Waals surface area contributed by atoms with Crippen LogP contribution in [0.15, 0.2) is 23.3 Å². The van der Waals surface area contributed by atoms with Gasteiger partial charge in [-0.15, -0.1) is 0 Å². The van der Waals surface area contributed by atoms with Gasteiger partial charge in [-0.3, -0.25) is 0 Å². The summed E-state index contributed by atoms with van der Waals surface area (Å²) in [6, 6.07) is 0. The second kappa shape index (κ2) is 11.2. The van der Waals surface area contributed by atoms with Crippen LogP contribution in [0.4, 0.5) is 0 Å². The predicted molar refractivity (Wildman–Crippen MR) is 189 cm³/mol. The Balaban J connectivity index is 1.43. The van der Waals surface area contributed by atoms with Gasteiger partial charge in [0.15, 0.2) is 16.6 Å². The van der Waals surface area contributed by atoms with Crippen LogP contribution in [0.2, 0.25) is 36.3 Å². The van der Waals surface area contributed by atoms with E-state index in [1.165, 1.54) is 25.7 Å². The van der Waals surface area contributed by atoms with E-state index in [1.54, 1.807) is 11.1 Å². The lowest BCUT2D eigenvalue weighted by molar-refractivity contribution is -0.0594. The Morgan fingerprint density at radius 2 is 1.45 bits per heavy atom. The van der Waals surface area contributed by atoms with Crippen molar-refractivity contribution in [1.82, 2.24) is 0 Å². The van der Waals surface area contributed by atoms with Crippen molar-refractivity contribution in [1.29, 1.82) is 0 Å². The fourth-order valence-electron chi connectivity index (χ4n) is 9.13. The molecule has 1 heterocycles. The van der Waals surface area contributed by atoms with Gasteiger partial charge in [-0.25, -0.2) is 0 Å². The highest BCUT2D eigenvalue weighted by Crippen LogP contribution is 2.66. The molecule has 4 fully saturated rings. The Morgan fingerprint density at radius 1 is 0.864 bits per heavy atom. The molecule has 3 saturated carbocycles. The summed E-state index contributed by atoms with van der Waals surface area (Å²) >= 11 is 0. The van der Waals surface area contributed by atoms with E-state index in [1.807, 2.05) is 0 Å². The molecule has 0 bridgehead atoms. The molecule has 5 aliphatic rings. The summed E-state index contributed by atoms with van der Waals surface area (Å²) in [4.78, 5) is 0. The van der Waals surface area contributed by atoms with Crippen LogP contribution in [-0.4, -0.2) is 53.3 Å². The highest BCUT2D eigenvalue weighted by atomic mass is 28.4. The maximum absolute atomic E-state index is 7.54. The zero-order chi connectivity index (χ0) is 32.9. The zero-order valence-corrected chi connectivity index (χ0v) is 33.3. The van der Waals surface area contributed by atoms with Gasteiger partial charge in [0, 0.05) is 5.41 Å². The highest BCUT2D eigenvalue weighted by Gasteiger charge is 2.61. The Bertz CT molecular complexity index is 1160. The van der Waals surface area contributed by atoms with Gasteiger partial charge in [0.05, 0.1) is 30.5 Å². The number of hydrogen-bond acceptors (Lipinski definition) is 4. The molecule has 9 atom stereocenters. The normalized spacial score (nSPS) is 39.5. The highest BCUT2D eigenvalue weighted by molar-refractivity contribution is 6.74. The minimum absolute atomic E-state index is 0.00988.